The van der Waals surface area contributed by atoms with Gasteiger partial charge in [0.05, 0.1) is 12.7 Å². The molecule has 1 radical (unpaired) electrons. The van der Waals surface area contributed by atoms with Crippen LogP contribution in [-0.2, 0) is 4.74 Å². The third-order valence-corrected chi connectivity index (χ3v) is 1.76. The molecule has 0 aromatic heterocycles. The predicted octanol–water partition coefficient (Wildman–Crippen LogP) is 2.03. The fraction of sp³-hybridized carbons (Fsp3) is 0.875. The second-order valence-electron chi connectivity index (χ2n) is 2.94. The fourth-order valence-corrected chi connectivity index (χ4v) is 1.12. The molecule has 2 unspecified atom stereocenters. The maximum Gasteiger partial charge on any atom is 0.0812 e. The molecule has 0 saturated carbocycles. The molecule has 1 rings (SSSR count). The summed E-state index contributed by atoms with van der Waals surface area (Å²) in [5, 5.41) is 0. The van der Waals surface area contributed by atoms with Crippen LogP contribution in [0.4, 0.5) is 0 Å². The maximum absolute atomic E-state index is 5.11. The number of ether oxygens (including phenoxy) is 1. The highest BCUT2D eigenvalue weighted by Gasteiger charge is 2.23. The van der Waals surface area contributed by atoms with Gasteiger partial charge in [-0.05, 0) is 12.3 Å². The maximum atomic E-state index is 5.11. The molecule has 0 aromatic carbocycles. The normalized spacial score (nSPS) is 28.0. The molecule has 2 atom stereocenters. The molecule has 0 N–H and O–H groups in total. The van der Waals surface area contributed by atoms with Gasteiger partial charge in [-0.1, -0.05) is 26.7 Å². The molecule has 0 spiro atoms. The van der Waals surface area contributed by atoms with Crippen molar-refractivity contribution >= 4 is 0 Å². The lowest BCUT2D eigenvalue weighted by Crippen LogP contribution is -1.98. The molecule has 1 heterocycles. The summed E-state index contributed by atoms with van der Waals surface area (Å²) < 4.78 is 5.11. The van der Waals surface area contributed by atoms with Crippen LogP contribution in [0.5, 0.6) is 0 Å². The van der Waals surface area contributed by atoms with Crippen LogP contribution in [0.25, 0.3) is 0 Å². The van der Waals surface area contributed by atoms with Crippen molar-refractivity contribution in [3.8, 4) is 0 Å². The van der Waals surface area contributed by atoms with Crippen LogP contribution < -0.4 is 0 Å². The highest BCUT2D eigenvalue weighted by Crippen LogP contribution is 2.21. The Bertz CT molecular complexity index is 76.6. The van der Waals surface area contributed by atoms with Crippen molar-refractivity contribution in [3.63, 3.8) is 0 Å². The van der Waals surface area contributed by atoms with E-state index in [1.165, 1.54) is 12.8 Å². The Labute approximate surface area is 57.4 Å². The summed E-state index contributed by atoms with van der Waals surface area (Å²) in [6.45, 7) is 7.08. The molecule has 0 amide bonds. The van der Waals surface area contributed by atoms with E-state index in [-0.39, 0.29) is 0 Å². The van der Waals surface area contributed by atoms with Gasteiger partial charge in [-0.2, -0.15) is 0 Å². The lowest BCUT2D eigenvalue weighted by atomic mass is 10.0. The highest BCUT2D eigenvalue weighted by atomic mass is 16.6. The topological polar surface area (TPSA) is 12.5 Å². The zero-order valence-electron chi connectivity index (χ0n) is 6.10. The van der Waals surface area contributed by atoms with Gasteiger partial charge in [0.1, 0.15) is 0 Å². The minimum absolute atomic E-state index is 0.603. The minimum Gasteiger partial charge on any atom is -0.373 e. The van der Waals surface area contributed by atoms with Crippen molar-refractivity contribution in [1.29, 1.82) is 0 Å². The van der Waals surface area contributed by atoms with Crippen molar-refractivity contribution in [3.05, 3.63) is 6.92 Å². The van der Waals surface area contributed by atoms with E-state index < -0.39 is 0 Å². The Morgan fingerprint density at radius 2 is 2.44 bits per heavy atom. The molecule has 1 nitrogen and oxygen atoms in total. The van der Waals surface area contributed by atoms with Gasteiger partial charge in [0.25, 0.3) is 0 Å². The van der Waals surface area contributed by atoms with Crippen molar-refractivity contribution in [2.75, 3.05) is 6.61 Å². The van der Waals surface area contributed by atoms with E-state index in [0.29, 0.717) is 6.10 Å². The predicted molar refractivity (Wildman–Crippen MR) is 38.1 cm³/mol. The third-order valence-electron chi connectivity index (χ3n) is 1.76. The highest BCUT2D eigenvalue weighted by molar-refractivity contribution is 4.71. The fourth-order valence-electron chi connectivity index (χ4n) is 1.12. The Kier molecular flexibility index (Phi) is 2.52. The van der Waals surface area contributed by atoms with Crippen LogP contribution in [-0.4, -0.2) is 12.7 Å². The molecule has 0 aromatic rings. The first-order chi connectivity index (χ1) is 4.33. The first-order valence-corrected chi connectivity index (χ1v) is 3.73. The minimum atomic E-state index is 0.603. The van der Waals surface area contributed by atoms with Crippen LogP contribution in [0.1, 0.15) is 26.2 Å². The quantitative estimate of drug-likeness (QED) is 0.526. The second kappa shape index (κ2) is 3.21. The van der Waals surface area contributed by atoms with Gasteiger partial charge in [-0.25, -0.2) is 0 Å². The van der Waals surface area contributed by atoms with Crippen LogP contribution in [0.2, 0.25) is 0 Å². The Morgan fingerprint density at radius 3 is 2.89 bits per heavy atom. The Morgan fingerprint density at radius 1 is 1.78 bits per heavy atom. The second-order valence-corrected chi connectivity index (χ2v) is 2.94. The molecule has 0 bridgehead atoms. The van der Waals surface area contributed by atoms with Gasteiger partial charge in [0, 0.05) is 0 Å². The van der Waals surface area contributed by atoms with Crippen LogP contribution in [0, 0.1) is 12.8 Å². The van der Waals surface area contributed by atoms with Crippen molar-refractivity contribution in [2.45, 2.75) is 32.3 Å². The molecule has 0 aliphatic carbocycles. The molecular formula is C8H15O. The van der Waals surface area contributed by atoms with Crippen molar-refractivity contribution in [2.24, 2.45) is 5.92 Å². The zero-order valence-corrected chi connectivity index (χ0v) is 6.10. The van der Waals surface area contributed by atoms with E-state index in [1.807, 2.05) is 0 Å². The molecule has 53 valence electrons. The summed E-state index contributed by atoms with van der Waals surface area (Å²) in [6, 6.07) is 0. The molecule has 1 fully saturated rings. The summed E-state index contributed by atoms with van der Waals surface area (Å²) in [6.07, 6.45) is 4.16. The van der Waals surface area contributed by atoms with E-state index in [9.17, 15) is 0 Å². The number of hydrogen-bond acceptors (Lipinski definition) is 1. The molecule has 9 heavy (non-hydrogen) atoms. The van der Waals surface area contributed by atoms with Gasteiger partial charge >= 0.3 is 0 Å². The van der Waals surface area contributed by atoms with Crippen molar-refractivity contribution in [1.82, 2.24) is 0 Å². The number of hydrogen-bond donors (Lipinski definition) is 0. The lowest BCUT2D eigenvalue weighted by Gasteiger charge is -2.05. The van der Waals surface area contributed by atoms with Crippen LogP contribution >= 0.6 is 0 Å². The van der Waals surface area contributed by atoms with Crippen LogP contribution in [0.3, 0.4) is 0 Å². The lowest BCUT2D eigenvalue weighted by molar-refractivity contribution is 0.354. The smallest absolute Gasteiger partial charge is 0.0812 e. The Balaban J connectivity index is 1.95. The molecule has 1 aliphatic heterocycles. The standard InChI is InChI=1S/C8H15O/c1-3-4-7(2)5-8-6-9-8/h7-8H,1,3-6H2,2H3. The number of epoxide rings is 1. The van der Waals surface area contributed by atoms with Crippen LogP contribution in [0.15, 0.2) is 0 Å². The molecule has 1 saturated heterocycles. The van der Waals surface area contributed by atoms with Gasteiger partial charge in [0.2, 0.25) is 0 Å². The van der Waals surface area contributed by atoms with E-state index in [1.54, 1.807) is 0 Å². The number of rotatable bonds is 4. The van der Waals surface area contributed by atoms with Gasteiger partial charge < -0.3 is 4.74 Å². The third kappa shape index (κ3) is 2.85. The Hall–Kier alpha value is -0.0400. The van der Waals surface area contributed by atoms with Crippen molar-refractivity contribution < 1.29 is 4.74 Å². The summed E-state index contributed by atoms with van der Waals surface area (Å²) in [4.78, 5) is 0. The summed E-state index contributed by atoms with van der Waals surface area (Å²) in [7, 11) is 0. The van der Waals surface area contributed by atoms with E-state index in [4.69, 9.17) is 4.74 Å². The van der Waals surface area contributed by atoms with E-state index >= 15 is 0 Å². The zero-order chi connectivity index (χ0) is 6.69. The largest absolute Gasteiger partial charge is 0.373 e. The summed E-state index contributed by atoms with van der Waals surface area (Å²) >= 11 is 0. The monoisotopic (exact) mass is 127 g/mol. The van der Waals surface area contributed by atoms with E-state index in [2.05, 4.69) is 13.8 Å². The average molecular weight is 127 g/mol. The molecule has 1 heteroatoms. The van der Waals surface area contributed by atoms with E-state index in [0.717, 1.165) is 18.9 Å². The SMILES string of the molecule is [CH2]CCC(C)CC1CO1. The van der Waals surface area contributed by atoms with Gasteiger partial charge in [-0.3, -0.25) is 0 Å². The summed E-state index contributed by atoms with van der Waals surface area (Å²) in [5.41, 5.74) is 0. The first kappa shape index (κ1) is 7.07. The first-order valence-electron chi connectivity index (χ1n) is 3.73. The van der Waals surface area contributed by atoms with Gasteiger partial charge in [0.15, 0.2) is 0 Å². The average Bonchev–Trinajstić information content (AvgIpc) is 2.50. The van der Waals surface area contributed by atoms with Gasteiger partial charge in [-0.15, -0.1) is 0 Å². The molecule has 1 aliphatic rings. The molecular weight excluding hydrogens is 112 g/mol. The summed E-state index contributed by atoms with van der Waals surface area (Å²) in [5.74, 6) is 0.815.